The molecule has 1 N–H and O–H groups in total. The van der Waals surface area contributed by atoms with Gasteiger partial charge in [0.25, 0.3) is 5.82 Å². The van der Waals surface area contributed by atoms with Gasteiger partial charge in [0.05, 0.1) is 6.54 Å². The molecule has 1 aromatic heterocycles. The van der Waals surface area contributed by atoms with E-state index in [0.717, 1.165) is 0 Å². The maximum atomic E-state index is 4.95. The number of H-pyrrole nitrogens is 1. The zero-order valence-electron chi connectivity index (χ0n) is 12.1. The summed E-state index contributed by atoms with van der Waals surface area (Å²) >= 11 is 0. The van der Waals surface area contributed by atoms with E-state index in [1.165, 1.54) is 57.3 Å². The van der Waals surface area contributed by atoms with Crippen molar-refractivity contribution in [2.75, 3.05) is 0 Å². The summed E-state index contributed by atoms with van der Waals surface area (Å²) in [6.45, 7) is 5.57. The average Bonchev–Trinajstić information content (AvgIpc) is 2.72. The van der Waals surface area contributed by atoms with Gasteiger partial charge < -0.3 is 0 Å². The van der Waals surface area contributed by atoms with E-state index >= 15 is 0 Å². The predicted octanol–water partition coefficient (Wildman–Crippen LogP) is 6.12. The van der Waals surface area contributed by atoms with Crippen LogP contribution in [-0.4, -0.2) is 4.98 Å². The first-order valence-corrected chi connectivity index (χ1v) is 13.0. The molecule has 0 bridgehead atoms. The van der Waals surface area contributed by atoms with Crippen LogP contribution in [0.3, 0.4) is 0 Å². The molecule has 1 rings (SSSR count). The van der Waals surface area contributed by atoms with Crippen LogP contribution in [0.15, 0.2) is 12.4 Å². The first kappa shape index (κ1) is 20.9. The predicted molar refractivity (Wildman–Crippen MR) is 87.1 cm³/mol. The fraction of sp³-hybridized carbons (Fsp3) is 0.769. The van der Waals surface area contributed by atoms with Crippen LogP contribution >= 0.6 is 40.4 Å². The van der Waals surface area contributed by atoms with Gasteiger partial charge in [0.2, 0.25) is 0 Å². The summed E-state index contributed by atoms with van der Waals surface area (Å²) in [6.07, 6.45) is 13.8. The Morgan fingerprint density at radius 1 is 1.00 bits per heavy atom. The van der Waals surface area contributed by atoms with E-state index in [1.807, 2.05) is 6.20 Å². The van der Waals surface area contributed by atoms with Gasteiger partial charge in [0.1, 0.15) is 12.4 Å². The number of unbranched alkanes of at least 4 members (excludes halogenated alkanes) is 6. The van der Waals surface area contributed by atoms with Crippen molar-refractivity contribution in [1.82, 2.24) is 4.98 Å². The third-order valence-corrected chi connectivity index (χ3v) is 2.98. The molecule has 1 heterocycles. The first-order chi connectivity index (χ1) is 9.34. The molecule has 0 aliphatic rings. The van der Waals surface area contributed by atoms with Crippen LogP contribution in [0.2, 0.25) is 0 Å². The van der Waals surface area contributed by atoms with Gasteiger partial charge in [-0.05, 0) is 12.8 Å². The van der Waals surface area contributed by atoms with Crippen molar-refractivity contribution >= 4 is 40.4 Å². The summed E-state index contributed by atoms with van der Waals surface area (Å²) in [6, 6.07) is 0. The summed E-state index contributed by atoms with van der Waals surface area (Å²) < 4.78 is 2.30. The first-order valence-electron chi connectivity index (χ1n) is 6.91. The Morgan fingerprint density at radius 3 is 1.95 bits per heavy atom. The molecule has 0 aliphatic heterocycles. The minimum absolute atomic E-state index is 1.17. The molecule has 0 unspecified atom stereocenters. The van der Waals surface area contributed by atoms with Crippen molar-refractivity contribution in [2.45, 2.75) is 65.3 Å². The summed E-state index contributed by atoms with van der Waals surface area (Å²) in [7, 11) is 17.2. The molecule has 123 valence electrons. The summed E-state index contributed by atoms with van der Waals surface area (Å²) in [5.41, 5.74) is 0. The van der Waals surface area contributed by atoms with Crippen molar-refractivity contribution in [1.29, 1.82) is 0 Å². The SMILES string of the molecule is CCCCCCCCC[n+]1cc[nH]c1C.[Cl][Fe-]([Cl])([Cl])[Cl]. The Bertz CT molecular complexity index is 333. The second kappa shape index (κ2) is 12.4. The quantitative estimate of drug-likeness (QED) is 0.305. The van der Waals surface area contributed by atoms with Crippen LogP contribution < -0.4 is 4.57 Å². The van der Waals surface area contributed by atoms with Crippen LogP contribution in [-0.2, 0) is 15.7 Å². The van der Waals surface area contributed by atoms with Crippen LogP contribution in [0.5, 0.6) is 0 Å². The van der Waals surface area contributed by atoms with Gasteiger partial charge in [0, 0.05) is 6.92 Å². The van der Waals surface area contributed by atoms with E-state index in [-0.39, 0.29) is 0 Å². The number of nitrogens with one attached hydrogen (secondary N) is 1. The molecule has 20 heavy (non-hydrogen) atoms. The van der Waals surface area contributed by atoms with Gasteiger partial charge in [-0.3, -0.25) is 0 Å². The Morgan fingerprint density at radius 2 is 1.50 bits per heavy atom. The van der Waals surface area contributed by atoms with Gasteiger partial charge >= 0.3 is 49.6 Å². The van der Waals surface area contributed by atoms with Crippen LogP contribution in [0.25, 0.3) is 0 Å². The molecule has 0 radical (unpaired) electrons. The monoisotopic (exact) mass is 405 g/mol. The number of aromatic amines is 1. The molecule has 0 fully saturated rings. The van der Waals surface area contributed by atoms with E-state index in [2.05, 4.69) is 29.6 Å². The molecule has 1 aromatic rings. The molecule has 0 saturated carbocycles. The van der Waals surface area contributed by atoms with Crippen LogP contribution in [0, 0.1) is 6.92 Å². The Balaban J connectivity index is 0.000000621. The molecular formula is C13H25Cl4FeN2. The van der Waals surface area contributed by atoms with Crippen molar-refractivity contribution in [3.63, 3.8) is 0 Å². The molecule has 0 saturated heterocycles. The van der Waals surface area contributed by atoms with E-state index in [0.29, 0.717) is 0 Å². The van der Waals surface area contributed by atoms with Crippen LogP contribution in [0.4, 0.5) is 0 Å². The number of hydrogen-bond donors (Lipinski definition) is 1. The van der Waals surface area contributed by atoms with E-state index in [9.17, 15) is 0 Å². The number of aromatic nitrogens is 2. The van der Waals surface area contributed by atoms with E-state index < -0.39 is 9.20 Å². The average molecular weight is 407 g/mol. The molecule has 0 atom stereocenters. The van der Waals surface area contributed by atoms with Crippen LogP contribution in [0.1, 0.15) is 57.7 Å². The van der Waals surface area contributed by atoms with Crippen molar-refractivity contribution in [3.05, 3.63) is 18.2 Å². The second-order valence-electron chi connectivity index (χ2n) is 4.66. The normalized spacial score (nSPS) is 11.9. The number of aryl methyl sites for hydroxylation is 2. The van der Waals surface area contributed by atoms with Gasteiger partial charge in [-0.25, -0.2) is 9.55 Å². The van der Waals surface area contributed by atoms with E-state index in [1.54, 1.807) is 0 Å². The van der Waals surface area contributed by atoms with E-state index in [4.69, 9.17) is 40.4 Å². The molecule has 0 spiro atoms. The van der Waals surface area contributed by atoms with Gasteiger partial charge in [-0.2, -0.15) is 0 Å². The molecule has 7 heteroatoms. The summed E-state index contributed by atoms with van der Waals surface area (Å²) in [5.74, 6) is 1.26. The summed E-state index contributed by atoms with van der Waals surface area (Å²) in [4.78, 5) is 3.20. The topological polar surface area (TPSA) is 19.7 Å². The molecule has 0 aliphatic carbocycles. The third kappa shape index (κ3) is 15.3. The third-order valence-electron chi connectivity index (χ3n) is 2.98. The number of hydrogen-bond acceptors (Lipinski definition) is 0. The molecular weight excluding hydrogens is 382 g/mol. The Kier molecular flexibility index (Phi) is 13.0. The number of halogens is 4. The van der Waals surface area contributed by atoms with Crippen molar-refractivity contribution < 1.29 is 13.8 Å². The number of nitrogens with zero attached hydrogens (tertiary/aromatic N) is 1. The second-order valence-corrected chi connectivity index (χ2v) is 15.6. The zero-order chi connectivity index (χ0) is 15.4. The van der Waals surface area contributed by atoms with Gasteiger partial charge in [-0.15, -0.1) is 0 Å². The Labute approximate surface area is 142 Å². The fourth-order valence-electron chi connectivity index (χ4n) is 1.92. The minimum atomic E-state index is -2.61. The fourth-order valence-corrected chi connectivity index (χ4v) is 1.92. The molecule has 0 amide bonds. The van der Waals surface area contributed by atoms with Gasteiger partial charge in [0.15, 0.2) is 0 Å². The zero-order valence-corrected chi connectivity index (χ0v) is 16.3. The molecule has 2 nitrogen and oxygen atoms in total. The molecule has 0 aromatic carbocycles. The number of rotatable bonds is 8. The number of imidazole rings is 1. The maximum absolute atomic E-state index is 4.95. The standard InChI is InChI=1S/C13H24N2.4ClH.Fe/c1-3-4-5-6-7-8-9-11-15-12-10-14-13(15)2;;;;;/h10,12H,3-9,11H2,1-2H3;4*1H;/q;;;;;+3/p-3. The van der Waals surface area contributed by atoms with Crippen molar-refractivity contribution in [2.24, 2.45) is 0 Å². The van der Waals surface area contributed by atoms with Crippen molar-refractivity contribution in [3.8, 4) is 0 Å². The Hall–Kier alpha value is 0.889. The summed E-state index contributed by atoms with van der Waals surface area (Å²) in [5, 5.41) is 0. The van der Waals surface area contributed by atoms with Gasteiger partial charge in [-0.1, -0.05) is 39.0 Å².